The van der Waals surface area contributed by atoms with Gasteiger partial charge in [-0.3, -0.25) is 14.4 Å². The Balaban J connectivity index is 4.63. The summed E-state index contributed by atoms with van der Waals surface area (Å²) in [6, 6.07) is 0. The predicted octanol–water partition coefficient (Wildman–Crippen LogP) is 18.6. The lowest BCUT2D eigenvalue weighted by Crippen LogP contribution is -2.30. The van der Waals surface area contributed by atoms with E-state index in [0.29, 0.717) is 19.3 Å². The van der Waals surface area contributed by atoms with Crippen LogP contribution in [0.4, 0.5) is 0 Å². The Bertz CT molecular complexity index is 1620. The molecule has 0 aliphatic rings. The van der Waals surface area contributed by atoms with E-state index in [2.05, 4.69) is 179 Å². The molecule has 1 unspecified atom stereocenters. The molecule has 0 aromatic carbocycles. The third-order valence-electron chi connectivity index (χ3n) is 10.7. The van der Waals surface area contributed by atoms with Gasteiger partial charge in [-0.1, -0.05) is 204 Å². The molecule has 0 aliphatic heterocycles. The minimum atomic E-state index is -0.842. The summed E-state index contributed by atoms with van der Waals surface area (Å²) in [5.41, 5.74) is 0. The van der Waals surface area contributed by atoms with Gasteiger partial charge in [0.05, 0.1) is 0 Å². The Morgan fingerprint density at radius 2 is 0.571 bits per heavy atom. The van der Waals surface area contributed by atoms with Gasteiger partial charge in [0.2, 0.25) is 0 Å². The number of esters is 3. The highest BCUT2D eigenvalue weighted by atomic mass is 16.6. The van der Waals surface area contributed by atoms with Crippen molar-refractivity contribution in [2.24, 2.45) is 0 Å². The van der Waals surface area contributed by atoms with Gasteiger partial charge in [-0.25, -0.2) is 0 Å². The average Bonchev–Trinajstić information content (AvgIpc) is 3.36. The van der Waals surface area contributed by atoms with Gasteiger partial charge in [-0.2, -0.15) is 0 Å². The third-order valence-corrected chi connectivity index (χ3v) is 10.7. The van der Waals surface area contributed by atoms with Crippen LogP contribution in [0.25, 0.3) is 0 Å². The highest BCUT2D eigenvalue weighted by Crippen LogP contribution is 2.11. The van der Waals surface area contributed by atoms with Crippen molar-refractivity contribution >= 4 is 17.9 Å². The highest BCUT2D eigenvalue weighted by Gasteiger charge is 2.19. The molecule has 0 amide bonds. The Labute approximate surface area is 429 Å². The van der Waals surface area contributed by atoms with Gasteiger partial charge in [0.1, 0.15) is 13.2 Å². The summed E-state index contributed by atoms with van der Waals surface area (Å²) in [6.07, 6.45) is 82.3. The molecule has 0 heterocycles. The topological polar surface area (TPSA) is 78.9 Å². The standard InChI is InChI=1S/C64H98O6/c1-4-7-10-13-16-19-22-25-28-31-32-34-36-39-42-45-48-51-54-57-63(66)69-60-61(59-68-62(65)56-53-50-47-44-41-38-35-30-27-24-21-18-15-12-9-6-3)70-64(67)58-55-52-49-46-43-40-37-33-29-26-23-20-17-14-11-8-5-2/h7,9-10,12,16-21,25-30,32,34,37-42,46,49,61H,4-6,8,11,13-15,22-24,31,33,35-36,43-45,47-48,50-60H2,1-3H3/b10-7-,12-9-,19-16-,20-17-,21-18-,28-25-,29-26-,30-27-,34-32-,40-37-,41-38-,42-39-,49-46-. The molecule has 0 aromatic rings. The van der Waals surface area contributed by atoms with E-state index in [1.54, 1.807) is 0 Å². The molecule has 6 nitrogen and oxygen atoms in total. The molecule has 0 spiro atoms. The molecule has 0 bridgehead atoms. The fourth-order valence-electron chi connectivity index (χ4n) is 6.69. The quantitative estimate of drug-likeness (QED) is 0.0262. The minimum absolute atomic E-state index is 0.135. The van der Waals surface area contributed by atoms with E-state index in [4.69, 9.17) is 14.2 Å². The van der Waals surface area contributed by atoms with Gasteiger partial charge in [-0.05, 0) is 141 Å². The molecular weight excluding hydrogens is 865 g/mol. The van der Waals surface area contributed by atoms with E-state index in [1.165, 1.54) is 25.7 Å². The third kappa shape index (κ3) is 54.0. The number of allylic oxidation sites excluding steroid dienone is 26. The van der Waals surface area contributed by atoms with Gasteiger partial charge in [0.15, 0.2) is 6.10 Å². The van der Waals surface area contributed by atoms with Crippen molar-refractivity contribution in [3.63, 3.8) is 0 Å². The number of unbranched alkanes of at least 4 members (excludes halogenated alkanes) is 10. The summed E-state index contributed by atoms with van der Waals surface area (Å²) in [7, 11) is 0. The van der Waals surface area contributed by atoms with Crippen LogP contribution in [0.2, 0.25) is 0 Å². The SMILES string of the molecule is CC/C=C\C/C=C\C/C=C\C/C=C\C/C=C\CCCCCC(=O)OCC(COC(=O)CCCCC/C=C\C/C=C\C/C=C\C/C=C\CC)OC(=O)CCC/C=C\C/C=C\C/C=C\C/C=C\CCCCC. The largest absolute Gasteiger partial charge is 0.462 e. The van der Waals surface area contributed by atoms with E-state index in [-0.39, 0.29) is 37.5 Å². The molecule has 0 saturated carbocycles. The fraction of sp³-hybridized carbons (Fsp3) is 0.547. The fourth-order valence-corrected chi connectivity index (χ4v) is 6.69. The number of carbonyl (C=O) groups excluding carboxylic acids is 3. The van der Waals surface area contributed by atoms with Crippen LogP contribution in [0.1, 0.15) is 207 Å². The zero-order chi connectivity index (χ0) is 50.7. The zero-order valence-corrected chi connectivity index (χ0v) is 44.5. The second-order valence-corrected chi connectivity index (χ2v) is 17.4. The Hall–Kier alpha value is -4.97. The summed E-state index contributed by atoms with van der Waals surface area (Å²) < 4.78 is 16.7. The van der Waals surface area contributed by atoms with E-state index < -0.39 is 6.10 Å². The highest BCUT2D eigenvalue weighted by molar-refractivity contribution is 5.71. The van der Waals surface area contributed by atoms with Crippen LogP contribution in [0.15, 0.2) is 158 Å². The molecule has 0 saturated heterocycles. The first kappa shape index (κ1) is 65.0. The smallest absolute Gasteiger partial charge is 0.306 e. The molecule has 0 N–H and O–H groups in total. The summed E-state index contributed by atoms with van der Waals surface area (Å²) in [6.45, 7) is 6.26. The first-order chi connectivity index (χ1) is 34.5. The van der Waals surface area contributed by atoms with Gasteiger partial charge in [-0.15, -0.1) is 0 Å². The molecule has 6 heteroatoms. The normalized spacial score (nSPS) is 13.4. The lowest BCUT2D eigenvalue weighted by atomic mass is 10.1. The lowest BCUT2D eigenvalue weighted by Gasteiger charge is -2.18. The van der Waals surface area contributed by atoms with Gasteiger partial charge >= 0.3 is 17.9 Å². The molecule has 0 aliphatic carbocycles. The van der Waals surface area contributed by atoms with Crippen molar-refractivity contribution in [3.8, 4) is 0 Å². The average molecular weight is 963 g/mol. The zero-order valence-electron chi connectivity index (χ0n) is 44.5. The van der Waals surface area contributed by atoms with Crippen LogP contribution < -0.4 is 0 Å². The molecule has 0 rings (SSSR count). The molecule has 0 radical (unpaired) electrons. The number of hydrogen-bond donors (Lipinski definition) is 0. The molecular formula is C64H98O6. The first-order valence-corrected chi connectivity index (χ1v) is 27.5. The molecule has 0 aromatic heterocycles. The van der Waals surface area contributed by atoms with Gasteiger partial charge < -0.3 is 14.2 Å². The molecule has 0 fully saturated rings. The maximum absolute atomic E-state index is 12.8. The van der Waals surface area contributed by atoms with Gasteiger partial charge in [0, 0.05) is 19.3 Å². The molecule has 1 atom stereocenters. The van der Waals surface area contributed by atoms with Crippen molar-refractivity contribution in [2.45, 2.75) is 213 Å². The van der Waals surface area contributed by atoms with Gasteiger partial charge in [0.25, 0.3) is 0 Å². The maximum Gasteiger partial charge on any atom is 0.306 e. The number of hydrogen-bond acceptors (Lipinski definition) is 6. The summed E-state index contributed by atoms with van der Waals surface area (Å²) in [5.74, 6) is -1.06. The van der Waals surface area contributed by atoms with Crippen molar-refractivity contribution in [1.82, 2.24) is 0 Å². The van der Waals surface area contributed by atoms with Crippen LogP contribution in [-0.2, 0) is 28.6 Å². The van der Waals surface area contributed by atoms with E-state index in [9.17, 15) is 14.4 Å². The molecule has 390 valence electrons. The van der Waals surface area contributed by atoms with Crippen molar-refractivity contribution in [3.05, 3.63) is 158 Å². The maximum atomic E-state index is 12.8. The van der Waals surface area contributed by atoms with Crippen LogP contribution >= 0.6 is 0 Å². The van der Waals surface area contributed by atoms with E-state index in [1.807, 2.05) is 0 Å². The molecule has 70 heavy (non-hydrogen) atoms. The summed E-state index contributed by atoms with van der Waals surface area (Å²) in [4.78, 5) is 38.1. The predicted molar refractivity (Wildman–Crippen MR) is 302 cm³/mol. The first-order valence-electron chi connectivity index (χ1n) is 27.5. The lowest BCUT2D eigenvalue weighted by molar-refractivity contribution is -0.167. The summed E-state index contributed by atoms with van der Waals surface area (Å²) in [5, 5.41) is 0. The Morgan fingerprint density at radius 1 is 0.300 bits per heavy atom. The Kier molecular flexibility index (Phi) is 52.6. The van der Waals surface area contributed by atoms with Crippen LogP contribution in [0.3, 0.4) is 0 Å². The monoisotopic (exact) mass is 963 g/mol. The van der Waals surface area contributed by atoms with Crippen molar-refractivity contribution < 1.29 is 28.6 Å². The van der Waals surface area contributed by atoms with Crippen LogP contribution in [0.5, 0.6) is 0 Å². The number of carbonyl (C=O) groups is 3. The Morgan fingerprint density at radius 3 is 0.886 bits per heavy atom. The van der Waals surface area contributed by atoms with E-state index >= 15 is 0 Å². The second kappa shape index (κ2) is 56.6. The van der Waals surface area contributed by atoms with Crippen molar-refractivity contribution in [2.75, 3.05) is 13.2 Å². The van der Waals surface area contributed by atoms with E-state index in [0.717, 1.165) is 135 Å². The number of ether oxygens (including phenoxy) is 3. The van der Waals surface area contributed by atoms with Crippen LogP contribution in [-0.4, -0.2) is 37.2 Å². The van der Waals surface area contributed by atoms with Crippen molar-refractivity contribution in [1.29, 1.82) is 0 Å². The number of rotatable bonds is 47. The second-order valence-electron chi connectivity index (χ2n) is 17.4. The van der Waals surface area contributed by atoms with Crippen LogP contribution in [0, 0.1) is 0 Å². The summed E-state index contributed by atoms with van der Waals surface area (Å²) >= 11 is 0. The minimum Gasteiger partial charge on any atom is -0.462 e.